The van der Waals surface area contributed by atoms with Crippen molar-refractivity contribution in [3.63, 3.8) is 0 Å². The maximum atomic E-state index is 11.4. The Hall–Kier alpha value is -0.910. The molecule has 18 heavy (non-hydrogen) atoms. The number of hydrogen-bond acceptors (Lipinski definition) is 4. The van der Waals surface area contributed by atoms with Crippen LogP contribution in [-0.4, -0.2) is 35.6 Å². The van der Waals surface area contributed by atoms with E-state index in [-0.39, 0.29) is 5.91 Å². The minimum atomic E-state index is -1.09. The summed E-state index contributed by atoms with van der Waals surface area (Å²) >= 11 is 8.19. The van der Waals surface area contributed by atoms with Crippen LogP contribution in [0.1, 0.15) is 11.7 Å². The van der Waals surface area contributed by atoms with E-state index in [2.05, 4.69) is 10.2 Å². The lowest BCUT2D eigenvalue weighted by Gasteiger charge is -2.29. The predicted molar refractivity (Wildman–Crippen MR) is 74.6 cm³/mol. The van der Waals surface area contributed by atoms with Gasteiger partial charge in [0, 0.05) is 35.8 Å². The molecule has 0 radical (unpaired) electrons. The highest BCUT2D eigenvalue weighted by Gasteiger charge is 2.30. The molecule has 0 spiro atoms. The number of hydrogen-bond donors (Lipinski definition) is 2. The average Bonchev–Trinajstić information content (AvgIpc) is 2.66. The van der Waals surface area contributed by atoms with E-state index < -0.39 is 6.10 Å². The normalized spacial score (nSPS) is 22.9. The molecule has 3 rings (SSSR count). The van der Waals surface area contributed by atoms with E-state index in [1.54, 1.807) is 6.07 Å². The van der Waals surface area contributed by atoms with Gasteiger partial charge >= 0.3 is 0 Å². The number of nitrogens with one attached hydrogen (secondary N) is 1. The number of aliphatic hydroxyl groups excluding tert-OH is 1. The van der Waals surface area contributed by atoms with Gasteiger partial charge in [-0.25, -0.2) is 0 Å². The van der Waals surface area contributed by atoms with E-state index in [1.807, 2.05) is 17.8 Å². The number of fused-ring (bicyclic) bond motifs is 1. The lowest BCUT2D eigenvalue weighted by molar-refractivity contribution is -0.123. The van der Waals surface area contributed by atoms with Crippen molar-refractivity contribution < 1.29 is 9.90 Å². The molecule has 1 aromatic carbocycles. The molecule has 96 valence electrons. The van der Waals surface area contributed by atoms with Gasteiger partial charge in [-0.2, -0.15) is 11.8 Å². The second kappa shape index (κ2) is 4.64. The number of halogens is 1. The SMILES string of the molecule is O=C1Nc2cc(N3CCSCC3)c(Cl)cc2C1O. The molecule has 1 amide bonds. The smallest absolute Gasteiger partial charge is 0.257 e. The van der Waals surface area contributed by atoms with Crippen molar-refractivity contribution in [2.45, 2.75) is 6.10 Å². The third-order valence-electron chi connectivity index (χ3n) is 3.27. The Kier molecular flexibility index (Phi) is 3.13. The molecule has 1 atom stereocenters. The molecule has 1 saturated heterocycles. The molecule has 0 saturated carbocycles. The first-order chi connectivity index (χ1) is 8.66. The highest BCUT2D eigenvalue weighted by Crippen LogP contribution is 2.39. The summed E-state index contributed by atoms with van der Waals surface area (Å²) in [4.78, 5) is 13.6. The number of nitrogens with zero attached hydrogens (tertiary/aromatic N) is 1. The Bertz CT molecular complexity index is 503. The van der Waals surface area contributed by atoms with Crippen molar-refractivity contribution >= 4 is 40.6 Å². The highest BCUT2D eigenvalue weighted by molar-refractivity contribution is 7.99. The summed E-state index contributed by atoms with van der Waals surface area (Å²) < 4.78 is 0. The quantitative estimate of drug-likeness (QED) is 0.827. The van der Waals surface area contributed by atoms with Gasteiger partial charge in [0.1, 0.15) is 0 Å². The molecular formula is C12H13ClN2O2S. The van der Waals surface area contributed by atoms with Crippen LogP contribution in [0.15, 0.2) is 12.1 Å². The third kappa shape index (κ3) is 1.96. The van der Waals surface area contributed by atoms with Crippen LogP contribution in [0.5, 0.6) is 0 Å². The van der Waals surface area contributed by atoms with Crippen molar-refractivity contribution in [1.82, 2.24) is 0 Å². The van der Waals surface area contributed by atoms with E-state index in [4.69, 9.17) is 11.6 Å². The zero-order valence-electron chi connectivity index (χ0n) is 9.65. The first kappa shape index (κ1) is 12.1. The molecule has 0 bridgehead atoms. The van der Waals surface area contributed by atoms with Gasteiger partial charge in [-0.3, -0.25) is 4.79 Å². The zero-order valence-corrected chi connectivity index (χ0v) is 11.2. The molecule has 4 nitrogen and oxygen atoms in total. The van der Waals surface area contributed by atoms with Crippen LogP contribution in [0.4, 0.5) is 11.4 Å². The van der Waals surface area contributed by atoms with Crippen LogP contribution in [0.25, 0.3) is 0 Å². The fraction of sp³-hybridized carbons (Fsp3) is 0.417. The molecule has 2 N–H and O–H groups in total. The number of carbonyl (C=O) groups excluding carboxylic acids is 1. The van der Waals surface area contributed by atoms with Crippen molar-refractivity contribution in [2.75, 3.05) is 34.8 Å². The van der Waals surface area contributed by atoms with Crippen LogP contribution < -0.4 is 10.2 Å². The second-order valence-electron chi connectivity index (χ2n) is 4.38. The van der Waals surface area contributed by atoms with Crippen LogP contribution in [-0.2, 0) is 4.79 Å². The summed E-state index contributed by atoms with van der Waals surface area (Å²) in [5, 5.41) is 13.0. The Labute approximate surface area is 114 Å². The van der Waals surface area contributed by atoms with Gasteiger partial charge in [-0.1, -0.05) is 11.6 Å². The van der Waals surface area contributed by atoms with E-state index in [1.165, 1.54) is 0 Å². The van der Waals surface area contributed by atoms with Crippen LogP contribution in [0.3, 0.4) is 0 Å². The van der Waals surface area contributed by atoms with E-state index in [0.29, 0.717) is 16.3 Å². The Balaban J connectivity index is 1.97. The first-order valence-corrected chi connectivity index (χ1v) is 7.35. The predicted octanol–water partition coefficient (Wildman–Crippen LogP) is 1.88. The molecule has 1 fully saturated rings. The van der Waals surface area contributed by atoms with Gasteiger partial charge in [0.25, 0.3) is 5.91 Å². The second-order valence-corrected chi connectivity index (χ2v) is 6.01. The summed E-state index contributed by atoms with van der Waals surface area (Å²) in [6, 6.07) is 3.55. The number of amides is 1. The van der Waals surface area contributed by atoms with Gasteiger partial charge in [0.2, 0.25) is 0 Å². The minimum absolute atomic E-state index is 0.382. The minimum Gasteiger partial charge on any atom is -0.378 e. The topological polar surface area (TPSA) is 52.6 Å². The van der Waals surface area contributed by atoms with Gasteiger partial charge < -0.3 is 15.3 Å². The molecule has 0 aliphatic carbocycles. The number of aliphatic hydroxyl groups is 1. The first-order valence-electron chi connectivity index (χ1n) is 5.82. The number of anilines is 2. The molecule has 1 aromatic rings. The zero-order chi connectivity index (χ0) is 12.7. The maximum Gasteiger partial charge on any atom is 0.257 e. The number of benzene rings is 1. The average molecular weight is 285 g/mol. The molecule has 1 unspecified atom stereocenters. The van der Waals surface area contributed by atoms with Crippen molar-refractivity contribution in [3.8, 4) is 0 Å². The number of rotatable bonds is 1. The Morgan fingerprint density at radius 3 is 2.83 bits per heavy atom. The van der Waals surface area contributed by atoms with Crippen LogP contribution in [0, 0.1) is 0 Å². The molecule has 2 aliphatic rings. The van der Waals surface area contributed by atoms with Crippen molar-refractivity contribution in [1.29, 1.82) is 0 Å². The van der Waals surface area contributed by atoms with Crippen molar-refractivity contribution in [2.24, 2.45) is 0 Å². The summed E-state index contributed by atoms with van der Waals surface area (Å²) in [6.45, 7) is 1.92. The molecule has 6 heteroatoms. The van der Waals surface area contributed by atoms with Crippen molar-refractivity contribution in [3.05, 3.63) is 22.7 Å². The van der Waals surface area contributed by atoms with Gasteiger partial charge in [0.15, 0.2) is 6.10 Å². The largest absolute Gasteiger partial charge is 0.378 e. The fourth-order valence-corrected chi connectivity index (χ4v) is 3.50. The van der Waals surface area contributed by atoms with E-state index >= 15 is 0 Å². The maximum absolute atomic E-state index is 11.4. The lowest BCUT2D eigenvalue weighted by Crippen LogP contribution is -2.32. The fourth-order valence-electron chi connectivity index (χ4n) is 2.30. The lowest BCUT2D eigenvalue weighted by atomic mass is 10.1. The third-order valence-corrected chi connectivity index (χ3v) is 4.52. The summed E-state index contributed by atoms with van der Waals surface area (Å²) in [5.41, 5.74) is 2.18. The molecule has 2 aliphatic heterocycles. The summed E-state index contributed by atoms with van der Waals surface area (Å²) in [7, 11) is 0. The van der Waals surface area contributed by atoms with E-state index in [9.17, 15) is 9.90 Å². The van der Waals surface area contributed by atoms with Crippen LogP contribution >= 0.6 is 23.4 Å². The van der Waals surface area contributed by atoms with Gasteiger partial charge in [0.05, 0.1) is 10.7 Å². The Morgan fingerprint density at radius 1 is 1.39 bits per heavy atom. The van der Waals surface area contributed by atoms with E-state index in [0.717, 1.165) is 30.3 Å². The van der Waals surface area contributed by atoms with Gasteiger partial charge in [-0.15, -0.1) is 0 Å². The number of thioether (sulfide) groups is 1. The number of carbonyl (C=O) groups is 1. The molecular weight excluding hydrogens is 272 g/mol. The van der Waals surface area contributed by atoms with Crippen LogP contribution in [0.2, 0.25) is 5.02 Å². The van der Waals surface area contributed by atoms with Gasteiger partial charge in [-0.05, 0) is 12.1 Å². The Morgan fingerprint density at radius 2 is 2.11 bits per heavy atom. The highest BCUT2D eigenvalue weighted by atomic mass is 35.5. The summed E-state index contributed by atoms with van der Waals surface area (Å²) in [5.74, 6) is 1.79. The summed E-state index contributed by atoms with van der Waals surface area (Å²) in [6.07, 6.45) is -1.09. The standard InChI is InChI=1S/C12H13ClN2O2S/c13-8-5-7-9(14-12(17)11(7)16)6-10(8)15-1-3-18-4-2-15/h5-6,11,16H,1-4H2,(H,14,17). The molecule has 0 aromatic heterocycles. The molecule has 2 heterocycles. The monoisotopic (exact) mass is 284 g/mol.